The van der Waals surface area contributed by atoms with Gasteiger partial charge in [0.25, 0.3) is 0 Å². The van der Waals surface area contributed by atoms with Crippen LogP contribution in [0, 0.1) is 0 Å². The summed E-state index contributed by atoms with van der Waals surface area (Å²) < 4.78 is 46.3. The number of hydrogen-bond acceptors (Lipinski definition) is 4. The Labute approximate surface area is 112 Å². The van der Waals surface area contributed by atoms with Gasteiger partial charge in [-0.1, -0.05) is 0 Å². The minimum atomic E-state index is -4.78. The van der Waals surface area contributed by atoms with Gasteiger partial charge < -0.3 is 19.7 Å². The summed E-state index contributed by atoms with van der Waals surface area (Å²) in [6.45, 7) is 0.805. The molecule has 0 radical (unpaired) electrons. The van der Waals surface area contributed by atoms with Gasteiger partial charge in [-0.25, -0.2) is 4.79 Å². The van der Waals surface area contributed by atoms with Crippen LogP contribution in [-0.2, 0) is 0 Å². The van der Waals surface area contributed by atoms with Crippen molar-refractivity contribution in [1.82, 2.24) is 0 Å². The van der Waals surface area contributed by atoms with Crippen LogP contribution in [0.25, 0.3) is 0 Å². The maximum Gasteiger partial charge on any atom is 0.417 e. The Morgan fingerprint density at radius 3 is 2.45 bits per heavy atom. The zero-order valence-electron chi connectivity index (χ0n) is 10.5. The summed E-state index contributed by atoms with van der Waals surface area (Å²) in [5.41, 5.74) is -0.0860. The van der Waals surface area contributed by atoms with Crippen LogP contribution in [-0.4, -0.2) is 41.7 Å². The highest BCUT2D eigenvalue weighted by atomic mass is 19.4. The molecule has 1 atom stereocenters. The molecule has 0 saturated carbocycles. The Morgan fingerprint density at radius 1 is 1.30 bits per heavy atom. The van der Waals surface area contributed by atoms with Crippen LogP contribution in [0.1, 0.15) is 17.3 Å². The van der Waals surface area contributed by atoms with Crippen molar-refractivity contribution >= 4 is 5.97 Å². The largest absolute Gasteiger partial charge is 0.490 e. The van der Waals surface area contributed by atoms with E-state index in [4.69, 9.17) is 19.7 Å². The summed E-state index contributed by atoms with van der Waals surface area (Å²) >= 11 is 0. The molecular weight excluding hydrogens is 281 g/mol. The molecule has 1 rings (SSSR count). The van der Waals surface area contributed by atoms with Gasteiger partial charge in [-0.2, -0.15) is 13.2 Å². The highest BCUT2D eigenvalue weighted by molar-refractivity contribution is 5.88. The van der Waals surface area contributed by atoms with Crippen LogP contribution in [0.2, 0.25) is 0 Å². The average Bonchev–Trinajstić information content (AvgIpc) is 2.35. The van der Waals surface area contributed by atoms with Crippen molar-refractivity contribution < 1.29 is 37.7 Å². The van der Waals surface area contributed by atoms with Gasteiger partial charge in [0, 0.05) is 0 Å². The van der Waals surface area contributed by atoms with Gasteiger partial charge in [0.05, 0.1) is 12.2 Å². The van der Waals surface area contributed by atoms with Crippen LogP contribution < -0.4 is 9.47 Å². The number of aromatic carboxylic acids is 1. The van der Waals surface area contributed by atoms with Crippen LogP contribution >= 0.6 is 0 Å². The van der Waals surface area contributed by atoms with Gasteiger partial charge in [0.2, 0.25) is 0 Å². The Morgan fingerprint density at radius 2 is 1.95 bits per heavy atom. The first-order chi connectivity index (χ1) is 9.25. The maximum absolute atomic E-state index is 12.1. The first kappa shape index (κ1) is 16.1. The lowest BCUT2D eigenvalue weighted by Crippen LogP contribution is -2.34. The quantitative estimate of drug-likeness (QED) is 0.840. The lowest BCUT2D eigenvalue weighted by molar-refractivity contribution is -0.210. The second kappa shape index (κ2) is 6.47. The minimum Gasteiger partial charge on any atom is -0.490 e. The summed E-state index contributed by atoms with van der Waals surface area (Å²) in [4.78, 5) is 10.8. The van der Waals surface area contributed by atoms with Gasteiger partial charge in [-0.3, -0.25) is 0 Å². The fraction of sp³-hybridized carbons (Fsp3) is 0.417. The minimum absolute atomic E-state index is 0.00164. The van der Waals surface area contributed by atoms with Crippen molar-refractivity contribution in [2.45, 2.75) is 19.2 Å². The lowest BCUT2D eigenvalue weighted by atomic mass is 10.2. The second-order valence-electron chi connectivity index (χ2n) is 3.77. The number of hydrogen-bond donors (Lipinski definition) is 2. The Balaban J connectivity index is 2.86. The van der Waals surface area contributed by atoms with E-state index in [0.717, 1.165) is 6.07 Å². The fourth-order valence-electron chi connectivity index (χ4n) is 1.29. The standard InChI is InChI=1S/C12H13F3O5/c1-2-19-9-5-7(11(17)18)3-4-8(9)20-6-10(16)12(13,14)15/h3-5,10,16H,2,6H2,1H3,(H,17,18). The number of carboxylic acid groups (broad SMARTS) is 1. The van der Waals surface area contributed by atoms with Crippen LogP contribution in [0.4, 0.5) is 13.2 Å². The molecule has 5 nitrogen and oxygen atoms in total. The van der Waals surface area contributed by atoms with Crippen molar-refractivity contribution in [2.75, 3.05) is 13.2 Å². The molecule has 0 aromatic heterocycles. The molecule has 20 heavy (non-hydrogen) atoms. The topological polar surface area (TPSA) is 76.0 Å². The second-order valence-corrected chi connectivity index (χ2v) is 3.77. The number of aliphatic hydroxyl groups is 1. The van der Waals surface area contributed by atoms with E-state index in [1.165, 1.54) is 12.1 Å². The summed E-state index contributed by atoms with van der Waals surface area (Å²) in [6, 6.07) is 3.48. The third-order valence-corrected chi connectivity index (χ3v) is 2.27. The molecule has 0 aliphatic rings. The zero-order valence-corrected chi connectivity index (χ0v) is 10.5. The summed E-state index contributed by atoms with van der Waals surface area (Å²) in [6.07, 6.45) is -7.41. The van der Waals surface area contributed by atoms with Crippen LogP contribution in [0.5, 0.6) is 11.5 Å². The van der Waals surface area contributed by atoms with Gasteiger partial charge >= 0.3 is 12.1 Å². The van der Waals surface area contributed by atoms with E-state index in [9.17, 15) is 18.0 Å². The first-order valence-corrected chi connectivity index (χ1v) is 5.63. The predicted octanol–water partition coefficient (Wildman–Crippen LogP) is 2.09. The highest BCUT2D eigenvalue weighted by Gasteiger charge is 2.38. The molecule has 0 amide bonds. The molecule has 112 valence electrons. The first-order valence-electron chi connectivity index (χ1n) is 5.63. The van der Waals surface area contributed by atoms with Crippen molar-refractivity contribution in [3.05, 3.63) is 23.8 Å². The SMILES string of the molecule is CCOc1cc(C(=O)O)ccc1OCC(O)C(F)(F)F. The van der Waals surface area contributed by atoms with E-state index in [1.54, 1.807) is 6.92 Å². The molecule has 0 bridgehead atoms. The molecule has 0 saturated heterocycles. The van der Waals surface area contributed by atoms with Gasteiger partial charge in [0.15, 0.2) is 17.6 Å². The normalized spacial score (nSPS) is 12.8. The fourth-order valence-corrected chi connectivity index (χ4v) is 1.29. The number of rotatable bonds is 6. The molecule has 0 fully saturated rings. The molecule has 0 spiro atoms. The number of aliphatic hydroxyl groups excluding tert-OH is 1. The van der Waals surface area contributed by atoms with E-state index in [2.05, 4.69) is 0 Å². The number of alkyl halides is 3. The number of benzene rings is 1. The van der Waals surface area contributed by atoms with E-state index < -0.39 is 24.9 Å². The third-order valence-electron chi connectivity index (χ3n) is 2.27. The average molecular weight is 294 g/mol. The number of halogens is 3. The molecule has 1 aromatic rings. The van der Waals surface area contributed by atoms with Crippen molar-refractivity contribution in [1.29, 1.82) is 0 Å². The zero-order chi connectivity index (χ0) is 15.3. The molecule has 0 aliphatic heterocycles. The number of carbonyl (C=O) groups is 1. The van der Waals surface area contributed by atoms with E-state index in [1.807, 2.05) is 0 Å². The van der Waals surface area contributed by atoms with Gasteiger partial charge in [0.1, 0.15) is 6.61 Å². The van der Waals surface area contributed by atoms with E-state index in [-0.39, 0.29) is 23.7 Å². The van der Waals surface area contributed by atoms with Crippen molar-refractivity contribution in [3.8, 4) is 11.5 Å². The molecule has 0 aliphatic carbocycles. The van der Waals surface area contributed by atoms with E-state index in [0.29, 0.717) is 0 Å². The van der Waals surface area contributed by atoms with Gasteiger partial charge in [-0.05, 0) is 25.1 Å². The predicted molar refractivity (Wildman–Crippen MR) is 62.1 cm³/mol. The summed E-state index contributed by atoms with van der Waals surface area (Å²) in [5.74, 6) is -1.27. The number of ether oxygens (including phenoxy) is 2. The molecule has 0 heterocycles. The molecule has 1 aromatic carbocycles. The smallest absolute Gasteiger partial charge is 0.417 e. The molecule has 8 heteroatoms. The summed E-state index contributed by atoms with van der Waals surface area (Å²) in [5, 5.41) is 17.6. The van der Waals surface area contributed by atoms with Gasteiger partial charge in [-0.15, -0.1) is 0 Å². The number of carboxylic acids is 1. The van der Waals surface area contributed by atoms with Crippen LogP contribution in [0.3, 0.4) is 0 Å². The van der Waals surface area contributed by atoms with Crippen molar-refractivity contribution in [2.24, 2.45) is 0 Å². The Kier molecular flexibility index (Phi) is 5.20. The lowest BCUT2D eigenvalue weighted by Gasteiger charge is -2.17. The van der Waals surface area contributed by atoms with Crippen molar-refractivity contribution in [3.63, 3.8) is 0 Å². The molecule has 1 unspecified atom stereocenters. The molecule has 2 N–H and O–H groups in total. The Bertz CT molecular complexity index is 473. The highest BCUT2D eigenvalue weighted by Crippen LogP contribution is 2.29. The third kappa shape index (κ3) is 4.30. The Hall–Kier alpha value is -1.96. The maximum atomic E-state index is 12.1. The monoisotopic (exact) mass is 294 g/mol. The van der Waals surface area contributed by atoms with E-state index >= 15 is 0 Å². The summed E-state index contributed by atoms with van der Waals surface area (Å²) in [7, 11) is 0. The molecular formula is C12H13F3O5. The van der Waals surface area contributed by atoms with Crippen LogP contribution in [0.15, 0.2) is 18.2 Å².